The maximum atomic E-state index is 13.1. The normalized spacial score (nSPS) is 12.2. The molecule has 0 aliphatic rings. The molecule has 1 heterocycles. The summed E-state index contributed by atoms with van der Waals surface area (Å²) in [5.74, 6) is -1.17. The molecular formula is C18H16F4N2O3S. The van der Waals surface area contributed by atoms with Crippen LogP contribution in [0.5, 0.6) is 5.75 Å². The van der Waals surface area contributed by atoms with E-state index in [-0.39, 0.29) is 11.8 Å². The molecule has 0 spiro atoms. The third kappa shape index (κ3) is 4.89. The number of allylic oxidation sites excluding steroid dienone is 2. The highest BCUT2D eigenvalue weighted by atomic mass is 32.2. The summed E-state index contributed by atoms with van der Waals surface area (Å²) < 4.78 is 82.5. The van der Waals surface area contributed by atoms with E-state index in [1.165, 1.54) is 19.4 Å². The van der Waals surface area contributed by atoms with E-state index < -0.39 is 32.7 Å². The highest BCUT2D eigenvalue weighted by Gasteiger charge is 2.30. The molecule has 28 heavy (non-hydrogen) atoms. The van der Waals surface area contributed by atoms with Gasteiger partial charge in [-0.15, -0.1) is 0 Å². The summed E-state index contributed by atoms with van der Waals surface area (Å²) in [6, 6.07) is 5.04. The molecule has 0 unspecified atom stereocenters. The smallest absolute Gasteiger partial charge is 0.411 e. The Labute approximate surface area is 159 Å². The number of nitrogens with zero attached hydrogens (tertiary/aromatic N) is 2. The number of sulfonamides is 1. The first-order valence-electron chi connectivity index (χ1n) is 7.71. The van der Waals surface area contributed by atoms with Crippen LogP contribution in [0.2, 0.25) is 0 Å². The summed E-state index contributed by atoms with van der Waals surface area (Å²) in [5, 5.41) is 0. The van der Waals surface area contributed by atoms with Crippen molar-refractivity contribution in [3.8, 4) is 5.75 Å². The lowest BCUT2D eigenvalue weighted by Crippen LogP contribution is -2.27. The van der Waals surface area contributed by atoms with Gasteiger partial charge in [0.2, 0.25) is 0 Å². The number of methoxy groups -OCH3 is 1. The summed E-state index contributed by atoms with van der Waals surface area (Å²) in [6.07, 6.45) is -3.44. The van der Waals surface area contributed by atoms with Crippen LogP contribution in [0, 0.1) is 5.82 Å². The molecule has 0 radical (unpaired) electrons. The first kappa shape index (κ1) is 21.4. The first-order valence-corrected chi connectivity index (χ1v) is 9.15. The minimum Gasteiger partial charge on any atom is -0.493 e. The average molecular weight is 416 g/mol. The molecule has 1 aromatic heterocycles. The number of benzene rings is 1. The van der Waals surface area contributed by atoms with Crippen molar-refractivity contribution in [1.29, 1.82) is 0 Å². The van der Waals surface area contributed by atoms with E-state index >= 15 is 0 Å². The number of ether oxygens (including phenoxy) is 1. The van der Waals surface area contributed by atoms with Crippen molar-refractivity contribution in [2.75, 3.05) is 11.4 Å². The number of pyridine rings is 1. The molecule has 0 saturated heterocycles. The monoisotopic (exact) mass is 416 g/mol. The van der Waals surface area contributed by atoms with Crippen LogP contribution >= 0.6 is 0 Å². The second kappa shape index (κ2) is 8.01. The van der Waals surface area contributed by atoms with E-state index in [1.54, 1.807) is 6.92 Å². The number of rotatable bonds is 6. The fourth-order valence-electron chi connectivity index (χ4n) is 2.12. The van der Waals surface area contributed by atoms with E-state index in [0.29, 0.717) is 21.6 Å². The molecule has 0 atom stereocenters. The largest absolute Gasteiger partial charge is 0.493 e. The van der Waals surface area contributed by atoms with Gasteiger partial charge in [-0.1, -0.05) is 6.58 Å². The van der Waals surface area contributed by atoms with Gasteiger partial charge in [0.05, 0.1) is 12.0 Å². The molecule has 0 bridgehead atoms. The van der Waals surface area contributed by atoms with Crippen LogP contribution in [0.4, 0.5) is 23.4 Å². The molecule has 150 valence electrons. The molecule has 2 rings (SSSR count). The van der Waals surface area contributed by atoms with Crippen molar-refractivity contribution in [1.82, 2.24) is 4.98 Å². The number of aromatic nitrogens is 1. The zero-order chi connectivity index (χ0) is 21.1. The molecular weight excluding hydrogens is 400 g/mol. The Morgan fingerprint density at radius 2 is 1.86 bits per heavy atom. The van der Waals surface area contributed by atoms with Crippen LogP contribution in [0.1, 0.15) is 12.5 Å². The van der Waals surface area contributed by atoms with E-state index in [4.69, 9.17) is 4.74 Å². The molecule has 0 saturated carbocycles. The van der Waals surface area contributed by atoms with E-state index in [1.807, 2.05) is 0 Å². The summed E-state index contributed by atoms with van der Waals surface area (Å²) in [6.45, 7) is 5.40. The fraction of sp³-hybridized carbons (Fsp3) is 0.167. The Hall–Kier alpha value is -2.88. The molecule has 0 aliphatic heterocycles. The van der Waals surface area contributed by atoms with Gasteiger partial charge in [-0.25, -0.2) is 22.1 Å². The predicted molar refractivity (Wildman–Crippen MR) is 96.8 cm³/mol. The molecule has 0 amide bonds. The van der Waals surface area contributed by atoms with Gasteiger partial charge in [0.25, 0.3) is 10.0 Å². The lowest BCUT2D eigenvalue weighted by molar-refractivity contribution is -0.0799. The molecule has 0 aliphatic carbocycles. The maximum Gasteiger partial charge on any atom is 0.411 e. The lowest BCUT2D eigenvalue weighted by Gasteiger charge is -2.22. The van der Waals surface area contributed by atoms with Crippen molar-refractivity contribution < 1.29 is 30.7 Å². The third-order valence-electron chi connectivity index (χ3n) is 3.52. The van der Waals surface area contributed by atoms with Crippen LogP contribution in [-0.2, 0) is 10.0 Å². The van der Waals surface area contributed by atoms with E-state index in [2.05, 4.69) is 11.6 Å². The number of alkyl halides is 3. The Bertz CT molecular complexity index is 1000. The van der Waals surface area contributed by atoms with Gasteiger partial charge >= 0.3 is 6.18 Å². The van der Waals surface area contributed by atoms with Gasteiger partial charge in [-0.05, 0) is 48.4 Å². The Morgan fingerprint density at radius 3 is 2.36 bits per heavy atom. The van der Waals surface area contributed by atoms with Crippen LogP contribution in [-0.4, -0.2) is 26.7 Å². The van der Waals surface area contributed by atoms with Crippen molar-refractivity contribution in [3.05, 3.63) is 66.8 Å². The van der Waals surface area contributed by atoms with Gasteiger partial charge in [0, 0.05) is 18.5 Å². The van der Waals surface area contributed by atoms with E-state index in [9.17, 15) is 26.0 Å². The van der Waals surface area contributed by atoms with Crippen molar-refractivity contribution in [3.63, 3.8) is 0 Å². The van der Waals surface area contributed by atoms with Crippen LogP contribution in [0.25, 0.3) is 5.57 Å². The van der Waals surface area contributed by atoms with Gasteiger partial charge in [-0.3, -0.25) is 0 Å². The topological polar surface area (TPSA) is 59.5 Å². The highest BCUT2D eigenvalue weighted by molar-refractivity contribution is 7.93. The second-order valence-electron chi connectivity index (χ2n) is 5.64. The number of halogens is 4. The average Bonchev–Trinajstić information content (AvgIpc) is 2.61. The number of hydrogen-bond donors (Lipinski definition) is 0. The Kier molecular flexibility index (Phi) is 6.13. The highest BCUT2D eigenvalue weighted by Crippen LogP contribution is 2.33. The molecule has 0 fully saturated rings. The molecule has 5 nitrogen and oxygen atoms in total. The number of anilines is 1. The zero-order valence-electron chi connectivity index (χ0n) is 14.9. The van der Waals surface area contributed by atoms with Gasteiger partial charge in [0.1, 0.15) is 5.82 Å². The summed E-state index contributed by atoms with van der Waals surface area (Å²) in [4.78, 5) is 3.53. The minimum atomic E-state index is -4.78. The molecule has 1 aromatic carbocycles. The maximum absolute atomic E-state index is 13.1. The van der Waals surface area contributed by atoms with Gasteiger partial charge in [-0.2, -0.15) is 13.2 Å². The Morgan fingerprint density at radius 1 is 1.25 bits per heavy atom. The first-order chi connectivity index (χ1) is 13.0. The van der Waals surface area contributed by atoms with Crippen molar-refractivity contribution in [2.45, 2.75) is 18.0 Å². The molecule has 2 aromatic rings. The molecule has 0 N–H and O–H groups in total. The quantitative estimate of drug-likeness (QED) is 0.649. The predicted octanol–water partition coefficient (Wildman–Crippen LogP) is 4.53. The number of hydrogen-bond acceptors (Lipinski definition) is 4. The van der Waals surface area contributed by atoms with Crippen LogP contribution in [0.15, 0.2) is 60.3 Å². The fourth-order valence-corrected chi connectivity index (χ4v) is 3.42. The van der Waals surface area contributed by atoms with Crippen LogP contribution < -0.4 is 9.04 Å². The minimum absolute atomic E-state index is 0.0852. The second-order valence-corrected chi connectivity index (χ2v) is 7.46. The van der Waals surface area contributed by atoms with Crippen molar-refractivity contribution in [2.24, 2.45) is 0 Å². The van der Waals surface area contributed by atoms with Crippen LogP contribution in [0.3, 0.4) is 0 Å². The summed E-state index contributed by atoms with van der Waals surface area (Å²) >= 11 is 0. The van der Waals surface area contributed by atoms with E-state index in [0.717, 1.165) is 24.3 Å². The lowest BCUT2D eigenvalue weighted by atomic mass is 10.1. The zero-order valence-corrected chi connectivity index (χ0v) is 15.7. The van der Waals surface area contributed by atoms with Gasteiger partial charge < -0.3 is 4.74 Å². The Balaban J connectivity index is 2.68. The summed E-state index contributed by atoms with van der Waals surface area (Å²) in [7, 11) is -3.32. The molecule has 10 heteroatoms. The SMILES string of the molecule is C=C(C)c1cnc(N(C=CC(F)(F)F)S(=O)(=O)c2ccc(F)cc2)c(OC)c1. The summed E-state index contributed by atoms with van der Waals surface area (Å²) in [5.41, 5.74) is 1.11. The van der Waals surface area contributed by atoms with Crippen molar-refractivity contribution >= 4 is 21.4 Å². The van der Waals surface area contributed by atoms with Gasteiger partial charge in [0.15, 0.2) is 11.6 Å². The third-order valence-corrected chi connectivity index (χ3v) is 5.20. The standard InChI is InChI=1S/C18H16F4N2O3S/c1-12(2)13-10-16(27-3)17(23-11-13)24(9-8-18(20,21)22)28(25,26)15-6-4-14(19)5-7-15/h4-11H,1H2,2-3H3.